The fraction of sp³-hybridized carbons (Fsp3) is 0.857. The van der Waals surface area contributed by atoms with E-state index in [1.165, 1.54) is 6.26 Å². The molecule has 0 aliphatic carbocycles. The second kappa shape index (κ2) is 6.82. The van der Waals surface area contributed by atoms with Crippen molar-refractivity contribution in [3.05, 3.63) is 6.42 Å². The lowest BCUT2D eigenvalue weighted by Gasteiger charge is -2.43. The predicted octanol–water partition coefficient (Wildman–Crippen LogP) is -0.720. The van der Waals surface area contributed by atoms with Crippen LogP contribution in [0.5, 0.6) is 0 Å². The maximum atomic E-state index is 12.0. The van der Waals surface area contributed by atoms with Crippen LogP contribution in [0, 0.1) is 6.42 Å². The summed E-state index contributed by atoms with van der Waals surface area (Å²) in [4.78, 5) is 14.2. The zero-order valence-electron chi connectivity index (χ0n) is 13.2. The van der Waals surface area contributed by atoms with Crippen LogP contribution in [0.25, 0.3) is 0 Å². The molecule has 0 aromatic heterocycles. The third-order valence-electron chi connectivity index (χ3n) is 4.73. The highest BCUT2D eigenvalue weighted by molar-refractivity contribution is 7.90. The summed E-state index contributed by atoms with van der Waals surface area (Å²) in [5, 5.41) is 2.89. The van der Waals surface area contributed by atoms with Crippen LogP contribution in [0.2, 0.25) is 0 Å². The number of methoxy groups -OCH3 is 1. The zero-order valence-corrected chi connectivity index (χ0v) is 14.1. The molecule has 3 atom stereocenters. The minimum absolute atomic E-state index is 0.0783. The molecule has 7 nitrogen and oxygen atoms in total. The van der Waals surface area contributed by atoms with E-state index in [1.807, 2.05) is 0 Å². The number of amides is 1. The van der Waals surface area contributed by atoms with Gasteiger partial charge in [-0.1, -0.05) is 0 Å². The van der Waals surface area contributed by atoms with Gasteiger partial charge in [0.1, 0.15) is 5.54 Å². The maximum Gasteiger partial charge on any atom is 0.237 e. The molecule has 1 unspecified atom stereocenters. The Labute approximate surface area is 132 Å². The number of fused-ring (bicyclic) bond motifs is 2. The number of rotatable bonds is 8. The number of hydrogen-bond donors (Lipinski definition) is 2. The fourth-order valence-corrected chi connectivity index (χ4v) is 4.06. The minimum Gasteiger partial charge on any atom is -0.379 e. The van der Waals surface area contributed by atoms with Gasteiger partial charge in [0, 0.05) is 32.5 Å². The van der Waals surface area contributed by atoms with Gasteiger partial charge >= 0.3 is 0 Å². The monoisotopic (exact) mass is 332 g/mol. The summed E-state index contributed by atoms with van der Waals surface area (Å²) in [5.74, 6) is -0.352. The molecule has 2 saturated heterocycles. The predicted molar refractivity (Wildman–Crippen MR) is 83.7 cm³/mol. The van der Waals surface area contributed by atoms with Crippen LogP contribution in [0.1, 0.15) is 25.7 Å². The largest absolute Gasteiger partial charge is 0.379 e. The molecular formula is C14H26N3O4S. The molecule has 2 heterocycles. The van der Waals surface area contributed by atoms with E-state index in [1.54, 1.807) is 7.11 Å². The Kier molecular flexibility index (Phi) is 5.47. The van der Waals surface area contributed by atoms with Crippen LogP contribution in [0.3, 0.4) is 0 Å². The molecule has 0 aromatic carbocycles. The number of hydrogen-bond acceptors (Lipinski definition) is 6. The van der Waals surface area contributed by atoms with Crippen molar-refractivity contribution in [2.24, 2.45) is 5.73 Å². The quantitative estimate of drug-likeness (QED) is 0.608. The van der Waals surface area contributed by atoms with Crippen LogP contribution in [0.15, 0.2) is 0 Å². The van der Waals surface area contributed by atoms with Crippen molar-refractivity contribution in [3.63, 3.8) is 0 Å². The van der Waals surface area contributed by atoms with E-state index < -0.39 is 15.4 Å². The number of nitrogens with zero attached hydrogens (tertiary/aromatic N) is 1. The molecule has 0 aromatic rings. The van der Waals surface area contributed by atoms with E-state index >= 15 is 0 Å². The Balaban J connectivity index is 1.99. The van der Waals surface area contributed by atoms with E-state index in [0.29, 0.717) is 25.6 Å². The van der Waals surface area contributed by atoms with Gasteiger partial charge in [-0.25, -0.2) is 8.42 Å². The van der Waals surface area contributed by atoms with Crippen molar-refractivity contribution in [1.82, 2.24) is 10.2 Å². The molecule has 8 heteroatoms. The van der Waals surface area contributed by atoms with Gasteiger partial charge in [-0.3, -0.25) is 9.69 Å². The molecule has 2 aliphatic heterocycles. The Morgan fingerprint density at radius 2 is 2.32 bits per heavy atom. The summed E-state index contributed by atoms with van der Waals surface area (Å²) in [6.07, 6.45) is 6.56. The van der Waals surface area contributed by atoms with Crippen molar-refractivity contribution in [2.75, 3.05) is 32.3 Å². The number of ether oxygens (including phenoxy) is 1. The summed E-state index contributed by atoms with van der Waals surface area (Å²) in [6.45, 7) is 1.00. The Morgan fingerprint density at radius 1 is 1.59 bits per heavy atom. The Morgan fingerprint density at radius 3 is 2.91 bits per heavy atom. The number of primary amides is 1. The lowest BCUT2D eigenvalue weighted by molar-refractivity contribution is -0.131. The highest BCUT2D eigenvalue weighted by atomic mass is 32.2. The van der Waals surface area contributed by atoms with Gasteiger partial charge in [0.25, 0.3) is 0 Å². The molecule has 2 aliphatic rings. The second-order valence-electron chi connectivity index (χ2n) is 6.35. The molecule has 1 amide bonds. The van der Waals surface area contributed by atoms with Gasteiger partial charge in [0.05, 0.1) is 12.0 Å². The van der Waals surface area contributed by atoms with Gasteiger partial charge in [-0.15, -0.1) is 0 Å². The number of piperidine rings is 1. The topological polar surface area (TPSA) is 102 Å². The Bertz CT molecular complexity index is 506. The first-order valence-electron chi connectivity index (χ1n) is 7.58. The van der Waals surface area contributed by atoms with Crippen molar-refractivity contribution in [1.29, 1.82) is 0 Å². The van der Waals surface area contributed by atoms with E-state index in [4.69, 9.17) is 10.5 Å². The van der Waals surface area contributed by atoms with Crippen LogP contribution in [0.4, 0.5) is 0 Å². The highest BCUT2D eigenvalue weighted by Gasteiger charge is 2.52. The summed E-state index contributed by atoms with van der Waals surface area (Å²) in [6, 6.07) is 0.328. The number of carbonyl (C=O) groups is 1. The average Bonchev–Trinajstić information content (AvgIpc) is 2.64. The van der Waals surface area contributed by atoms with E-state index in [9.17, 15) is 13.2 Å². The van der Waals surface area contributed by atoms with Gasteiger partial charge in [-0.2, -0.15) is 0 Å². The van der Waals surface area contributed by atoms with Crippen LogP contribution < -0.4 is 11.1 Å². The first-order chi connectivity index (χ1) is 10.3. The third-order valence-corrected chi connectivity index (χ3v) is 5.46. The van der Waals surface area contributed by atoms with E-state index in [-0.39, 0.29) is 17.9 Å². The summed E-state index contributed by atoms with van der Waals surface area (Å²) >= 11 is 0. The maximum absolute atomic E-state index is 12.0. The first kappa shape index (κ1) is 17.7. The standard InChI is InChI=1S/C14H26N3O4S/c1-21-12(8-16-10-22(2,19)20)9-17-11-4-3-6-14(17,7-5-11)13(15)18/h3,11-12,16H,4-10H2,1-2H3,(H2,15,18)/t11-,12?,14+/m1/s1. The van der Waals surface area contributed by atoms with Crippen molar-refractivity contribution in [3.8, 4) is 0 Å². The molecule has 2 fully saturated rings. The van der Waals surface area contributed by atoms with Crippen LogP contribution in [-0.2, 0) is 19.4 Å². The van der Waals surface area contributed by atoms with Gasteiger partial charge in [0.2, 0.25) is 5.91 Å². The van der Waals surface area contributed by atoms with E-state index in [0.717, 1.165) is 19.3 Å². The highest BCUT2D eigenvalue weighted by Crippen LogP contribution is 2.43. The van der Waals surface area contributed by atoms with E-state index in [2.05, 4.69) is 16.6 Å². The van der Waals surface area contributed by atoms with Gasteiger partial charge in [0.15, 0.2) is 9.84 Å². The van der Waals surface area contributed by atoms with Gasteiger partial charge < -0.3 is 15.8 Å². The smallest absolute Gasteiger partial charge is 0.237 e. The van der Waals surface area contributed by atoms with Crippen molar-refractivity contribution < 1.29 is 17.9 Å². The lowest BCUT2D eigenvalue weighted by Crippen LogP contribution is -2.60. The normalized spacial score (nSPS) is 30.4. The molecule has 22 heavy (non-hydrogen) atoms. The SMILES string of the molecule is COC(CNCS(C)(=O)=O)CN1[C@@H]2C[CH]C[C@@]1(C(N)=O)CC2. The van der Waals surface area contributed by atoms with Crippen LogP contribution >= 0.6 is 0 Å². The number of carbonyl (C=O) groups excluding carboxylic acids is 1. The second-order valence-corrected chi connectivity index (χ2v) is 8.49. The number of nitrogens with two attached hydrogens (primary N) is 1. The molecule has 1 radical (unpaired) electrons. The molecule has 2 bridgehead atoms. The number of nitrogens with one attached hydrogen (secondary N) is 1. The molecular weight excluding hydrogens is 306 g/mol. The first-order valence-corrected chi connectivity index (χ1v) is 9.64. The van der Waals surface area contributed by atoms with Crippen LogP contribution in [-0.4, -0.2) is 69.2 Å². The summed E-state index contributed by atoms with van der Waals surface area (Å²) < 4.78 is 27.8. The number of sulfone groups is 1. The summed E-state index contributed by atoms with van der Waals surface area (Å²) in [7, 11) is -1.46. The average molecular weight is 332 g/mol. The Hall–Kier alpha value is -0.700. The lowest BCUT2D eigenvalue weighted by atomic mass is 9.87. The fourth-order valence-electron chi connectivity index (χ4n) is 3.57. The summed E-state index contributed by atoms with van der Waals surface area (Å²) in [5.41, 5.74) is 5.08. The molecule has 127 valence electrons. The van der Waals surface area contributed by atoms with Crippen molar-refractivity contribution >= 4 is 15.7 Å². The van der Waals surface area contributed by atoms with Gasteiger partial charge in [-0.05, 0) is 32.1 Å². The van der Waals surface area contributed by atoms with Crippen molar-refractivity contribution in [2.45, 2.75) is 43.4 Å². The zero-order chi connectivity index (χ0) is 16.4. The third kappa shape index (κ3) is 3.79. The molecule has 0 saturated carbocycles. The molecule has 2 rings (SSSR count). The minimum atomic E-state index is -3.06. The molecule has 0 spiro atoms. The molecule has 3 N–H and O–H groups in total.